The van der Waals surface area contributed by atoms with Crippen LogP contribution in [0.4, 0.5) is 0 Å². The average Bonchev–Trinajstić information content (AvgIpc) is 2.80. The van der Waals surface area contributed by atoms with Gasteiger partial charge in [0.1, 0.15) is 11.8 Å². The van der Waals surface area contributed by atoms with Crippen molar-refractivity contribution in [1.82, 2.24) is 4.90 Å². The van der Waals surface area contributed by atoms with Crippen molar-refractivity contribution in [2.75, 3.05) is 6.54 Å². The fourth-order valence-electron chi connectivity index (χ4n) is 9.97. The van der Waals surface area contributed by atoms with Crippen LogP contribution in [0.3, 0.4) is 0 Å². The van der Waals surface area contributed by atoms with Crippen LogP contribution in [0.1, 0.15) is 69.7 Å². The average molecular weight is 462 g/mol. The lowest BCUT2D eigenvalue weighted by atomic mass is 9.33. The van der Waals surface area contributed by atoms with Gasteiger partial charge in [0.2, 0.25) is 0 Å². The molecule has 6 fully saturated rings. The Morgan fingerprint density at radius 2 is 1.88 bits per heavy atom. The van der Waals surface area contributed by atoms with Gasteiger partial charge in [0, 0.05) is 35.8 Å². The number of esters is 1. The number of hydrogen-bond acceptors (Lipinski definition) is 4. The molecule has 9 rings (SSSR count). The van der Waals surface area contributed by atoms with E-state index in [2.05, 4.69) is 30.9 Å². The zero-order valence-electron chi connectivity index (χ0n) is 20.5. The smallest absolute Gasteiger partial charge is 0.303 e. The van der Waals surface area contributed by atoms with Gasteiger partial charge < -0.3 is 14.4 Å². The van der Waals surface area contributed by atoms with Gasteiger partial charge in [-0.15, -0.1) is 0 Å². The van der Waals surface area contributed by atoms with Gasteiger partial charge in [-0.1, -0.05) is 43.7 Å². The first kappa shape index (κ1) is 21.2. The first-order valence-electron chi connectivity index (χ1n) is 13.1. The molecule has 0 N–H and O–H groups in total. The molecule has 34 heavy (non-hydrogen) atoms. The molecule has 5 aliphatic carbocycles. The molecule has 1 aromatic carbocycles. The first-order valence-corrected chi connectivity index (χ1v) is 13.1. The third-order valence-corrected chi connectivity index (χ3v) is 11.0. The number of nitrogens with zero attached hydrogens (tertiary/aromatic N) is 1. The number of fused-ring (bicyclic) bond motifs is 1. The lowest BCUT2D eigenvalue weighted by Gasteiger charge is -2.78. The Bertz CT molecular complexity index is 1100. The monoisotopic (exact) mass is 461 g/mol. The van der Waals surface area contributed by atoms with E-state index in [9.17, 15) is 9.59 Å². The van der Waals surface area contributed by atoms with E-state index < -0.39 is 5.60 Å². The van der Waals surface area contributed by atoms with E-state index in [-0.39, 0.29) is 46.4 Å². The molecule has 8 aliphatic rings. The minimum absolute atomic E-state index is 0.0228. The summed E-state index contributed by atoms with van der Waals surface area (Å²) in [7, 11) is 0. The summed E-state index contributed by atoms with van der Waals surface area (Å²) >= 11 is 0. The maximum Gasteiger partial charge on any atom is 0.303 e. The predicted octanol–water partition coefficient (Wildman–Crippen LogP) is 4.97. The second-order valence-corrected chi connectivity index (χ2v) is 12.6. The molecule has 3 heterocycles. The molecule has 5 nitrogen and oxygen atoms in total. The van der Waals surface area contributed by atoms with Crippen molar-refractivity contribution >= 4 is 11.9 Å². The van der Waals surface area contributed by atoms with Crippen molar-refractivity contribution in [3.05, 3.63) is 48.0 Å². The minimum atomic E-state index is -0.471. The van der Waals surface area contributed by atoms with Crippen LogP contribution in [-0.4, -0.2) is 41.3 Å². The van der Waals surface area contributed by atoms with Crippen molar-refractivity contribution in [1.29, 1.82) is 0 Å². The lowest BCUT2D eigenvalue weighted by molar-refractivity contribution is -0.383. The lowest BCUT2D eigenvalue weighted by Crippen LogP contribution is -2.81. The molecule has 2 spiro atoms. The zero-order valence-corrected chi connectivity index (χ0v) is 20.5. The maximum atomic E-state index is 13.9. The number of ether oxygens (including phenoxy) is 2. The van der Waals surface area contributed by atoms with Crippen LogP contribution >= 0.6 is 0 Å². The maximum absolute atomic E-state index is 13.9. The Labute approximate surface area is 201 Å². The van der Waals surface area contributed by atoms with Crippen LogP contribution < -0.4 is 0 Å². The summed E-state index contributed by atoms with van der Waals surface area (Å²) in [4.78, 5) is 28.0. The molecular formula is C29H35NO4. The Kier molecular flexibility index (Phi) is 4.07. The summed E-state index contributed by atoms with van der Waals surface area (Å²) in [5.41, 5.74) is 0.281. The highest BCUT2D eigenvalue weighted by Crippen LogP contribution is 2.77. The highest BCUT2D eigenvalue weighted by molar-refractivity contribution is 5.94. The number of hydrogen-bond donors (Lipinski definition) is 0. The Morgan fingerprint density at radius 1 is 1.09 bits per heavy atom. The molecule has 1 aromatic rings. The number of rotatable bonds is 2. The minimum Gasteiger partial charge on any atom is -0.459 e. The van der Waals surface area contributed by atoms with Gasteiger partial charge in [0.15, 0.2) is 0 Å². The number of piperidine rings is 1. The molecule has 6 unspecified atom stereocenters. The molecule has 0 aromatic heterocycles. The van der Waals surface area contributed by atoms with Crippen molar-refractivity contribution in [2.45, 2.75) is 77.2 Å². The van der Waals surface area contributed by atoms with Crippen molar-refractivity contribution in [2.24, 2.45) is 34.0 Å². The van der Waals surface area contributed by atoms with E-state index in [1.165, 1.54) is 19.8 Å². The van der Waals surface area contributed by atoms with Crippen molar-refractivity contribution < 1.29 is 19.1 Å². The van der Waals surface area contributed by atoms with Crippen LogP contribution in [-0.2, 0) is 14.3 Å². The van der Waals surface area contributed by atoms with Gasteiger partial charge in [-0.3, -0.25) is 9.59 Å². The summed E-state index contributed by atoms with van der Waals surface area (Å²) in [5, 5.41) is 0. The van der Waals surface area contributed by atoms with Gasteiger partial charge in [0.25, 0.3) is 5.91 Å². The number of amides is 1. The molecule has 7 bridgehead atoms. The van der Waals surface area contributed by atoms with Crippen LogP contribution in [0.2, 0.25) is 0 Å². The zero-order chi connectivity index (χ0) is 23.5. The van der Waals surface area contributed by atoms with E-state index in [4.69, 9.17) is 9.47 Å². The topological polar surface area (TPSA) is 55.8 Å². The van der Waals surface area contributed by atoms with E-state index >= 15 is 0 Å². The summed E-state index contributed by atoms with van der Waals surface area (Å²) in [6, 6.07) is 9.73. The van der Waals surface area contributed by atoms with Gasteiger partial charge in [-0.25, -0.2) is 0 Å². The summed E-state index contributed by atoms with van der Waals surface area (Å²) < 4.78 is 13.0. The predicted molar refractivity (Wildman–Crippen MR) is 127 cm³/mol. The molecule has 180 valence electrons. The van der Waals surface area contributed by atoms with Gasteiger partial charge in [-0.2, -0.15) is 0 Å². The molecule has 5 heteroatoms. The molecule has 3 aliphatic heterocycles. The highest BCUT2D eigenvalue weighted by Gasteiger charge is 2.78. The molecule has 0 radical (unpaired) electrons. The van der Waals surface area contributed by atoms with Crippen molar-refractivity contribution in [3.8, 4) is 0 Å². The number of likely N-dealkylation sites (tertiary alicyclic amines) is 1. The fourth-order valence-corrected chi connectivity index (χ4v) is 9.97. The largest absolute Gasteiger partial charge is 0.459 e. The van der Waals surface area contributed by atoms with E-state index in [0.717, 1.165) is 37.8 Å². The standard InChI is InChI=1S/C29H35NO4/c1-18(31)34-27(3)16-28-13-10-20(27)14-22(28)29-12-7-11-26(2)17-30(24(32)19-8-5-4-6-9-19)25(29)33-23(28)15-21(26)29/h4-6,8-10,13,20-23,25H,7,11-12,14-17H2,1-3H3/t20?,21-,22?,23+,25?,26?,27?,28-,29?/m1/s1. The number of carbonyl (C=O) groups is 2. The Balaban J connectivity index is 1.34. The fraction of sp³-hybridized carbons (Fsp3) is 0.655. The molecule has 9 atom stereocenters. The summed E-state index contributed by atoms with van der Waals surface area (Å²) in [6.45, 7) is 6.87. The molecule has 3 saturated heterocycles. The van der Waals surface area contributed by atoms with E-state index in [1.54, 1.807) is 0 Å². The van der Waals surface area contributed by atoms with Crippen LogP contribution in [0.5, 0.6) is 0 Å². The summed E-state index contributed by atoms with van der Waals surface area (Å²) in [6.07, 6.45) is 11.1. The van der Waals surface area contributed by atoms with Gasteiger partial charge in [0.05, 0.1) is 6.10 Å². The number of benzene rings is 1. The Morgan fingerprint density at radius 3 is 2.65 bits per heavy atom. The van der Waals surface area contributed by atoms with Crippen LogP contribution in [0.25, 0.3) is 0 Å². The van der Waals surface area contributed by atoms with Crippen molar-refractivity contribution in [3.63, 3.8) is 0 Å². The molecular weight excluding hydrogens is 426 g/mol. The van der Waals surface area contributed by atoms with Gasteiger partial charge in [-0.05, 0) is 68.4 Å². The highest BCUT2D eigenvalue weighted by atomic mass is 16.6. The van der Waals surface area contributed by atoms with E-state index in [0.29, 0.717) is 11.8 Å². The number of carbonyl (C=O) groups excluding carboxylic acids is 2. The third kappa shape index (κ3) is 2.40. The van der Waals surface area contributed by atoms with Crippen LogP contribution in [0.15, 0.2) is 42.5 Å². The third-order valence-electron chi connectivity index (χ3n) is 11.0. The molecule has 1 amide bonds. The second kappa shape index (κ2) is 6.54. The van der Waals surface area contributed by atoms with E-state index in [1.807, 2.05) is 30.3 Å². The quantitative estimate of drug-likeness (QED) is 0.461. The van der Waals surface area contributed by atoms with Crippen LogP contribution in [0, 0.1) is 34.0 Å². The Hall–Kier alpha value is -2.14. The first-order chi connectivity index (χ1) is 16.2. The van der Waals surface area contributed by atoms with Gasteiger partial charge >= 0.3 is 5.97 Å². The molecule has 3 saturated carbocycles. The summed E-state index contributed by atoms with van der Waals surface area (Å²) in [5.74, 6) is 1.19. The normalized spacial score (nSPS) is 49.5. The second-order valence-electron chi connectivity index (χ2n) is 12.6. The SMILES string of the molecule is CC(=O)OC1(C)C[C@]23C=CC1CC2C12CCCC4(C)CN(C(=O)c5ccccc5)C1O[C@H]3C[C@H]42.